The fraction of sp³-hybridized carbons (Fsp3) is 0.632. The summed E-state index contributed by atoms with van der Waals surface area (Å²) in [6.45, 7) is 2.99. The van der Waals surface area contributed by atoms with E-state index in [2.05, 4.69) is 22.3 Å². The molecule has 0 spiro atoms. The maximum Gasteiger partial charge on any atom is 0.224 e. The van der Waals surface area contributed by atoms with Crippen LogP contribution in [-0.2, 0) is 4.79 Å². The maximum atomic E-state index is 12.0. The highest BCUT2D eigenvalue weighted by Crippen LogP contribution is 2.23. The number of nitrogens with one attached hydrogen (secondary N) is 1. The summed E-state index contributed by atoms with van der Waals surface area (Å²) in [6, 6.07) is 8.27. The van der Waals surface area contributed by atoms with E-state index in [9.17, 15) is 4.79 Å². The van der Waals surface area contributed by atoms with Crippen molar-refractivity contribution >= 4 is 42.1 Å². The van der Waals surface area contributed by atoms with E-state index in [1.54, 1.807) is 0 Å². The van der Waals surface area contributed by atoms with Gasteiger partial charge in [0.15, 0.2) is 0 Å². The highest BCUT2D eigenvalue weighted by Gasteiger charge is 2.10. The van der Waals surface area contributed by atoms with Crippen molar-refractivity contribution in [2.75, 3.05) is 29.9 Å². The van der Waals surface area contributed by atoms with Gasteiger partial charge >= 0.3 is 0 Å². The van der Waals surface area contributed by atoms with Gasteiger partial charge in [0.1, 0.15) is 0 Å². The summed E-state index contributed by atoms with van der Waals surface area (Å²) >= 11 is 0. The van der Waals surface area contributed by atoms with Crippen LogP contribution in [0.15, 0.2) is 24.3 Å². The Morgan fingerprint density at radius 1 is 1.00 bits per heavy atom. The van der Waals surface area contributed by atoms with Crippen molar-refractivity contribution in [2.45, 2.75) is 57.8 Å². The number of nitrogens with zero attached hydrogens (tertiary/aromatic N) is 1. The number of carbonyl (C=O) groups is 1. The van der Waals surface area contributed by atoms with Crippen molar-refractivity contribution in [3.8, 4) is 0 Å². The van der Waals surface area contributed by atoms with E-state index in [0.717, 1.165) is 51.0 Å². The second-order valence-electron chi connectivity index (χ2n) is 6.45. The first-order chi connectivity index (χ1) is 11.3. The van der Waals surface area contributed by atoms with Crippen molar-refractivity contribution in [1.29, 1.82) is 0 Å². The van der Waals surface area contributed by atoms with Gasteiger partial charge in [-0.2, -0.15) is 0 Å². The molecule has 4 nitrogen and oxygen atoms in total. The molecule has 144 valence electrons. The Morgan fingerprint density at radius 3 is 2.36 bits per heavy atom. The molecule has 0 aliphatic carbocycles. The first-order valence-electron chi connectivity index (χ1n) is 9.14. The lowest BCUT2D eigenvalue weighted by Crippen LogP contribution is -2.24. The first-order valence-corrected chi connectivity index (χ1v) is 9.14. The normalized spacial score (nSPS) is 14.0. The smallest absolute Gasteiger partial charge is 0.224 e. The van der Waals surface area contributed by atoms with Gasteiger partial charge in [-0.25, -0.2) is 0 Å². The number of benzene rings is 1. The van der Waals surface area contributed by atoms with Crippen molar-refractivity contribution in [2.24, 2.45) is 5.73 Å². The molecule has 1 aliphatic rings. The largest absolute Gasteiger partial charge is 0.371 e. The van der Waals surface area contributed by atoms with Crippen molar-refractivity contribution in [3.05, 3.63) is 24.3 Å². The van der Waals surface area contributed by atoms with E-state index in [1.807, 2.05) is 12.1 Å². The van der Waals surface area contributed by atoms with E-state index in [0.29, 0.717) is 6.42 Å². The second-order valence-corrected chi connectivity index (χ2v) is 6.45. The zero-order chi connectivity index (χ0) is 16.3. The molecule has 1 saturated heterocycles. The molecule has 0 aromatic heterocycles. The van der Waals surface area contributed by atoms with E-state index in [4.69, 9.17) is 5.73 Å². The van der Waals surface area contributed by atoms with Gasteiger partial charge in [0.2, 0.25) is 5.91 Å². The monoisotopic (exact) mass is 389 g/mol. The van der Waals surface area contributed by atoms with Gasteiger partial charge in [-0.3, -0.25) is 4.79 Å². The molecule has 1 amide bonds. The summed E-state index contributed by atoms with van der Waals surface area (Å²) in [5.41, 5.74) is 7.62. The van der Waals surface area contributed by atoms with E-state index in [-0.39, 0.29) is 30.7 Å². The number of hydrogen-bond donors (Lipinski definition) is 2. The molecule has 0 radical (unpaired) electrons. The van der Waals surface area contributed by atoms with E-state index >= 15 is 0 Å². The van der Waals surface area contributed by atoms with Crippen LogP contribution in [0.3, 0.4) is 0 Å². The number of anilines is 2. The summed E-state index contributed by atoms with van der Waals surface area (Å²) in [6.07, 6.45) is 9.98. The zero-order valence-corrected chi connectivity index (χ0v) is 16.7. The number of hydrogen-bond acceptors (Lipinski definition) is 3. The quantitative estimate of drug-likeness (QED) is 0.630. The molecule has 0 bridgehead atoms. The molecular weight excluding hydrogens is 357 g/mol. The van der Waals surface area contributed by atoms with Crippen LogP contribution >= 0.6 is 24.8 Å². The first kappa shape index (κ1) is 24.0. The molecule has 1 fully saturated rings. The number of amides is 1. The molecule has 0 saturated carbocycles. The number of nitrogens with two attached hydrogens (primary N) is 1. The third-order valence-electron chi connectivity index (χ3n) is 4.46. The van der Waals surface area contributed by atoms with Gasteiger partial charge in [0.05, 0.1) is 0 Å². The van der Waals surface area contributed by atoms with Crippen molar-refractivity contribution in [1.82, 2.24) is 0 Å². The minimum Gasteiger partial charge on any atom is -0.371 e. The lowest BCUT2D eigenvalue weighted by Gasteiger charge is -2.23. The fourth-order valence-corrected chi connectivity index (χ4v) is 3.12. The molecule has 1 aliphatic heterocycles. The molecule has 6 heteroatoms. The average Bonchev–Trinajstić information content (AvgIpc) is 2.84. The van der Waals surface area contributed by atoms with Gasteiger partial charge in [-0.1, -0.05) is 31.7 Å². The Balaban J connectivity index is 0.00000288. The lowest BCUT2D eigenvalue weighted by molar-refractivity contribution is -0.116. The van der Waals surface area contributed by atoms with E-state index < -0.39 is 0 Å². The van der Waals surface area contributed by atoms with Gasteiger partial charge in [0.25, 0.3) is 0 Å². The van der Waals surface area contributed by atoms with Crippen LogP contribution in [0, 0.1) is 0 Å². The second kappa shape index (κ2) is 14.2. The molecule has 0 unspecified atom stereocenters. The summed E-state index contributed by atoms with van der Waals surface area (Å²) in [5, 5.41) is 3.04. The van der Waals surface area contributed by atoms with Gasteiger partial charge in [-0.15, -0.1) is 24.8 Å². The van der Waals surface area contributed by atoms with Crippen LogP contribution in [0.4, 0.5) is 11.4 Å². The van der Waals surface area contributed by atoms with Crippen LogP contribution in [0.2, 0.25) is 0 Å². The summed E-state index contributed by atoms with van der Waals surface area (Å²) < 4.78 is 0. The third-order valence-corrected chi connectivity index (χ3v) is 4.46. The number of carbonyl (C=O) groups excluding carboxylic acids is 1. The van der Waals surface area contributed by atoms with Crippen LogP contribution in [-0.4, -0.2) is 25.5 Å². The molecule has 1 aromatic rings. The molecule has 25 heavy (non-hydrogen) atoms. The molecular formula is C19H33Cl2N3O. The molecule has 0 atom stereocenters. The maximum absolute atomic E-state index is 12.0. The SMILES string of the molecule is Cl.Cl.NCCCCCCC(=O)Nc1cccc(N2CCCCCC2)c1. The van der Waals surface area contributed by atoms with E-state index in [1.165, 1.54) is 31.4 Å². The summed E-state index contributed by atoms with van der Waals surface area (Å²) in [7, 11) is 0. The molecule has 3 N–H and O–H groups in total. The fourth-order valence-electron chi connectivity index (χ4n) is 3.12. The molecule has 1 heterocycles. The predicted molar refractivity (Wildman–Crippen MR) is 112 cm³/mol. The molecule has 2 rings (SSSR count). The number of halogens is 2. The van der Waals surface area contributed by atoms with Crippen LogP contribution in [0.1, 0.15) is 57.8 Å². The Labute approximate surface area is 164 Å². The standard InChI is InChI=1S/C19H31N3O.2ClH/c20-13-6-2-1-5-12-19(23)21-17-10-9-11-18(16-17)22-14-7-3-4-8-15-22;;/h9-11,16H,1-8,12-15,20H2,(H,21,23);2*1H. The Kier molecular flexibility index (Phi) is 13.7. The summed E-state index contributed by atoms with van der Waals surface area (Å²) in [5.74, 6) is 0.116. The van der Waals surface area contributed by atoms with Gasteiger partial charge < -0.3 is 16.0 Å². The highest BCUT2D eigenvalue weighted by atomic mass is 35.5. The number of unbranched alkanes of at least 4 members (excludes halogenated alkanes) is 3. The topological polar surface area (TPSA) is 58.4 Å². The minimum atomic E-state index is 0. The molecule has 1 aromatic carbocycles. The van der Waals surface area contributed by atoms with Crippen LogP contribution in [0.25, 0.3) is 0 Å². The predicted octanol–water partition coefficient (Wildman–Crippen LogP) is 4.76. The van der Waals surface area contributed by atoms with Crippen molar-refractivity contribution < 1.29 is 4.79 Å². The summed E-state index contributed by atoms with van der Waals surface area (Å²) in [4.78, 5) is 14.5. The minimum absolute atomic E-state index is 0. The third kappa shape index (κ3) is 9.34. The van der Waals surface area contributed by atoms with Crippen molar-refractivity contribution in [3.63, 3.8) is 0 Å². The Bertz CT molecular complexity index is 477. The van der Waals surface area contributed by atoms with Gasteiger partial charge in [0, 0.05) is 30.9 Å². The zero-order valence-electron chi connectivity index (χ0n) is 15.0. The average molecular weight is 390 g/mol. The van der Waals surface area contributed by atoms with Gasteiger partial charge in [-0.05, 0) is 50.4 Å². The lowest BCUT2D eigenvalue weighted by atomic mass is 10.1. The highest BCUT2D eigenvalue weighted by molar-refractivity contribution is 5.91. The number of rotatable bonds is 8. The Hall–Kier alpha value is -0.970. The van der Waals surface area contributed by atoms with Crippen LogP contribution < -0.4 is 16.0 Å². The van der Waals surface area contributed by atoms with Crippen LogP contribution in [0.5, 0.6) is 0 Å². The Morgan fingerprint density at radius 2 is 1.68 bits per heavy atom.